The van der Waals surface area contributed by atoms with Gasteiger partial charge in [0, 0.05) is 60.5 Å². The Bertz CT molecular complexity index is 983. The Morgan fingerprint density at radius 2 is 1.03 bits per heavy atom. The lowest BCUT2D eigenvalue weighted by atomic mass is 9.84. The molecule has 0 unspecified atom stereocenters. The average molecular weight is 529 g/mol. The molecule has 0 radical (unpaired) electrons. The second-order valence-electron chi connectivity index (χ2n) is 13.0. The number of hydrogen-bond acceptors (Lipinski definition) is 6. The largest absolute Gasteiger partial charge is 0.507 e. The van der Waals surface area contributed by atoms with Gasteiger partial charge in [0.25, 0.3) is 0 Å². The molecule has 0 saturated heterocycles. The molecule has 2 aromatic rings. The Kier molecular flexibility index (Phi) is 10.5. The highest BCUT2D eigenvalue weighted by Gasteiger charge is 2.26. The molecule has 0 aliphatic rings. The van der Waals surface area contributed by atoms with Crippen LogP contribution in [0, 0.1) is 0 Å². The number of phenolic OH excluding ortho intramolecular Hbond substituents is 2. The maximum Gasteiger partial charge on any atom is 0.124 e. The van der Waals surface area contributed by atoms with Crippen molar-refractivity contribution in [1.82, 2.24) is 9.80 Å². The van der Waals surface area contributed by atoms with E-state index in [1.165, 1.54) is 0 Å². The van der Waals surface area contributed by atoms with Gasteiger partial charge in [-0.3, -0.25) is 9.80 Å². The predicted octanol–water partition coefficient (Wildman–Crippen LogP) is 6.83. The van der Waals surface area contributed by atoms with Crippen LogP contribution in [0.2, 0.25) is 0 Å². The number of hydrogen-bond donors (Lipinski definition) is 2. The quantitative estimate of drug-likeness (QED) is 0.333. The summed E-state index contributed by atoms with van der Waals surface area (Å²) in [5, 5.41) is 22.7. The zero-order chi connectivity index (χ0) is 29.0. The zero-order valence-electron chi connectivity index (χ0n) is 25.9. The van der Waals surface area contributed by atoms with Gasteiger partial charge in [-0.1, -0.05) is 41.5 Å². The second-order valence-corrected chi connectivity index (χ2v) is 13.0. The fourth-order valence-corrected chi connectivity index (χ4v) is 5.02. The number of benzene rings is 2. The van der Waals surface area contributed by atoms with E-state index in [-0.39, 0.29) is 10.8 Å². The molecule has 2 aromatic carbocycles. The molecule has 0 amide bonds. The van der Waals surface area contributed by atoms with E-state index in [0.717, 1.165) is 46.8 Å². The molecule has 0 aliphatic heterocycles. The molecule has 6 nitrogen and oxygen atoms in total. The predicted molar refractivity (Wildman–Crippen MR) is 158 cm³/mol. The number of aromatic hydroxyl groups is 2. The van der Waals surface area contributed by atoms with Crippen molar-refractivity contribution in [3.63, 3.8) is 0 Å². The van der Waals surface area contributed by atoms with E-state index in [1.807, 2.05) is 24.3 Å². The number of ether oxygens (including phenoxy) is 2. The molecule has 214 valence electrons. The maximum absolute atomic E-state index is 11.3. The van der Waals surface area contributed by atoms with Crippen LogP contribution < -0.4 is 9.47 Å². The number of phenols is 2. The molecule has 2 N–H and O–H groups in total. The SMILES string of the molecule is COc1cc(CN(CCN(C(C)C)C(C)C)Cc2cc(OC)cc(C(C)(C)C)c2O)c(O)c(C(C)(C)C)c1. The summed E-state index contributed by atoms with van der Waals surface area (Å²) in [5.41, 5.74) is 2.87. The van der Waals surface area contributed by atoms with Crippen molar-refractivity contribution in [2.75, 3.05) is 27.3 Å². The van der Waals surface area contributed by atoms with Crippen LogP contribution in [0.4, 0.5) is 0 Å². The first-order chi connectivity index (χ1) is 17.5. The second kappa shape index (κ2) is 12.6. The lowest BCUT2D eigenvalue weighted by molar-refractivity contribution is 0.136. The Hall–Kier alpha value is -2.44. The molecular formula is C32H52N2O4. The van der Waals surface area contributed by atoms with E-state index in [0.29, 0.717) is 36.7 Å². The lowest BCUT2D eigenvalue weighted by Crippen LogP contribution is -2.42. The van der Waals surface area contributed by atoms with E-state index >= 15 is 0 Å². The van der Waals surface area contributed by atoms with Gasteiger partial charge in [-0.15, -0.1) is 0 Å². The highest BCUT2D eigenvalue weighted by atomic mass is 16.5. The lowest BCUT2D eigenvalue weighted by Gasteiger charge is -2.34. The van der Waals surface area contributed by atoms with Crippen LogP contribution in [0.25, 0.3) is 0 Å². The van der Waals surface area contributed by atoms with Gasteiger partial charge >= 0.3 is 0 Å². The number of methoxy groups -OCH3 is 2. The van der Waals surface area contributed by atoms with E-state index in [4.69, 9.17) is 9.47 Å². The highest BCUT2D eigenvalue weighted by Crippen LogP contribution is 2.39. The van der Waals surface area contributed by atoms with Crippen molar-refractivity contribution in [3.8, 4) is 23.0 Å². The summed E-state index contributed by atoms with van der Waals surface area (Å²) >= 11 is 0. The Morgan fingerprint density at radius 3 is 1.32 bits per heavy atom. The Balaban J connectivity index is 2.57. The molecule has 0 bridgehead atoms. The molecule has 38 heavy (non-hydrogen) atoms. The summed E-state index contributed by atoms with van der Waals surface area (Å²) in [7, 11) is 3.32. The smallest absolute Gasteiger partial charge is 0.124 e. The zero-order valence-corrected chi connectivity index (χ0v) is 25.9. The molecule has 0 aromatic heterocycles. The van der Waals surface area contributed by atoms with Crippen LogP contribution in [0.1, 0.15) is 91.5 Å². The topological polar surface area (TPSA) is 65.4 Å². The fraction of sp³-hybridized carbons (Fsp3) is 0.625. The van der Waals surface area contributed by atoms with E-state index in [9.17, 15) is 10.2 Å². The molecule has 0 aliphatic carbocycles. The van der Waals surface area contributed by atoms with Crippen molar-refractivity contribution >= 4 is 0 Å². The molecule has 0 fully saturated rings. The molecule has 2 rings (SSSR count). The third-order valence-corrected chi connectivity index (χ3v) is 7.20. The summed E-state index contributed by atoms with van der Waals surface area (Å²) < 4.78 is 11.2. The van der Waals surface area contributed by atoms with Crippen LogP contribution in [0.5, 0.6) is 23.0 Å². The van der Waals surface area contributed by atoms with Gasteiger partial charge in [0.15, 0.2) is 0 Å². The summed E-state index contributed by atoms with van der Waals surface area (Å²) in [6.07, 6.45) is 0. The molecule has 0 spiro atoms. The summed E-state index contributed by atoms with van der Waals surface area (Å²) in [6, 6.07) is 8.51. The summed E-state index contributed by atoms with van der Waals surface area (Å²) in [6.45, 7) is 24.1. The van der Waals surface area contributed by atoms with Crippen molar-refractivity contribution < 1.29 is 19.7 Å². The van der Waals surface area contributed by atoms with Crippen LogP contribution in [-0.2, 0) is 23.9 Å². The highest BCUT2D eigenvalue weighted by molar-refractivity contribution is 5.51. The molecule has 6 heteroatoms. The minimum absolute atomic E-state index is 0.239. The van der Waals surface area contributed by atoms with Crippen molar-refractivity contribution in [1.29, 1.82) is 0 Å². The number of rotatable bonds is 11. The third kappa shape index (κ3) is 8.03. The summed E-state index contributed by atoms with van der Waals surface area (Å²) in [4.78, 5) is 4.75. The van der Waals surface area contributed by atoms with Gasteiger partial charge in [-0.2, -0.15) is 0 Å². The van der Waals surface area contributed by atoms with E-state index in [2.05, 4.69) is 79.0 Å². The van der Waals surface area contributed by atoms with Crippen LogP contribution in [0.3, 0.4) is 0 Å². The first kappa shape index (κ1) is 31.8. The van der Waals surface area contributed by atoms with Gasteiger partial charge < -0.3 is 19.7 Å². The van der Waals surface area contributed by atoms with Gasteiger partial charge in [0.1, 0.15) is 23.0 Å². The minimum Gasteiger partial charge on any atom is -0.507 e. The molecule has 0 saturated carbocycles. The summed E-state index contributed by atoms with van der Waals surface area (Å²) in [5.74, 6) is 2.07. The Labute approximate surface area is 231 Å². The molecule has 0 atom stereocenters. The van der Waals surface area contributed by atoms with Crippen LogP contribution in [-0.4, -0.2) is 59.4 Å². The maximum atomic E-state index is 11.3. The first-order valence-electron chi connectivity index (χ1n) is 13.8. The fourth-order valence-electron chi connectivity index (χ4n) is 5.02. The van der Waals surface area contributed by atoms with Crippen molar-refractivity contribution in [2.24, 2.45) is 0 Å². The van der Waals surface area contributed by atoms with Crippen LogP contribution in [0.15, 0.2) is 24.3 Å². The first-order valence-corrected chi connectivity index (χ1v) is 13.8. The minimum atomic E-state index is -0.239. The van der Waals surface area contributed by atoms with Crippen molar-refractivity contribution in [2.45, 2.75) is 105 Å². The van der Waals surface area contributed by atoms with E-state index in [1.54, 1.807) is 14.2 Å². The van der Waals surface area contributed by atoms with Crippen LogP contribution >= 0.6 is 0 Å². The van der Waals surface area contributed by atoms with Gasteiger partial charge in [-0.25, -0.2) is 0 Å². The monoisotopic (exact) mass is 528 g/mol. The van der Waals surface area contributed by atoms with E-state index < -0.39 is 0 Å². The van der Waals surface area contributed by atoms with Crippen molar-refractivity contribution in [3.05, 3.63) is 46.5 Å². The Morgan fingerprint density at radius 1 is 0.658 bits per heavy atom. The number of nitrogens with zero attached hydrogens (tertiary/aromatic N) is 2. The van der Waals surface area contributed by atoms with Gasteiger partial charge in [0.05, 0.1) is 14.2 Å². The van der Waals surface area contributed by atoms with Gasteiger partial charge in [0.2, 0.25) is 0 Å². The molecular weight excluding hydrogens is 476 g/mol. The molecule has 0 heterocycles. The van der Waals surface area contributed by atoms with Gasteiger partial charge in [-0.05, 0) is 62.8 Å². The normalized spacial score (nSPS) is 12.7. The standard InChI is InChI=1S/C32H52N2O4/c1-21(2)34(22(3)4)14-13-33(19-23-15-25(37-11)17-27(29(23)35)31(5,6)7)20-24-16-26(38-12)18-28(30(24)36)32(8,9)10/h15-18,21-22,35-36H,13-14,19-20H2,1-12H3. The third-order valence-electron chi connectivity index (χ3n) is 7.20. The average Bonchev–Trinajstić information content (AvgIpc) is 2.79.